The molecule has 0 saturated heterocycles. The van der Waals surface area contributed by atoms with E-state index in [1.165, 1.54) is 0 Å². The van der Waals surface area contributed by atoms with Crippen molar-refractivity contribution >= 4 is 12.2 Å². The average molecular weight is 291 g/mol. The summed E-state index contributed by atoms with van der Waals surface area (Å²) in [6.45, 7) is 0. The van der Waals surface area contributed by atoms with Crippen molar-refractivity contribution in [3.8, 4) is 11.4 Å². The highest BCUT2D eigenvalue weighted by Crippen LogP contribution is 2.15. The maximum Gasteiger partial charge on any atom is 0.196 e. The molecule has 0 radical (unpaired) electrons. The standard InChI is InChI=1S/C19H19N2O/c1-20-15-14-18(21(20)17-6-4-3-5-7-17)11-8-16-9-12-19(22-2)13-10-16/h3-15H,1-2H3/q+1. The molecule has 3 rings (SSSR count). The van der Waals surface area contributed by atoms with Crippen LogP contribution in [0.25, 0.3) is 17.8 Å². The summed E-state index contributed by atoms with van der Waals surface area (Å²) in [4.78, 5) is 0. The summed E-state index contributed by atoms with van der Waals surface area (Å²) in [5.41, 5.74) is 3.41. The van der Waals surface area contributed by atoms with Gasteiger partial charge in [0.2, 0.25) is 0 Å². The molecular weight excluding hydrogens is 272 g/mol. The van der Waals surface area contributed by atoms with Gasteiger partial charge in [0.1, 0.15) is 17.1 Å². The van der Waals surface area contributed by atoms with Gasteiger partial charge in [-0.25, -0.2) is 0 Å². The first-order chi connectivity index (χ1) is 10.8. The minimum atomic E-state index is 0.871. The largest absolute Gasteiger partial charge is 0.497 e. The van der Waals surface area contributed by atoms with E-state index < -0.39 is 0 Å². The van der Waals surface area contributed by atoms with Crippen molar-refractivity contribution in [2.45, 2.75) is 0 Å². The lowest BCUT2D eigenvalue weighted by atomic mass is 10.2. The van der Waals surface area contributed by atoms with E-state index >= 15 is 0 Å². The van der Waals surface area contributed by atoms with E-state index in [-0.39, 0.29) is 0 Å². The lowest BCUT2D eigenvalue weighted by Crippen LogP contribution is -2.37. The molecule has 0 N–H and O–H groups in total. The molecule has 0 spiro atoms. The Balaban J connectivity index is 1.91. The normalized spacial score (nSPS) is 11.0. The van der Waals surface area contributed by atoms with Crippen LogP contribution in [0, 0.1) is 0 Å². The van der Waals surface area contributed by atoms with Crippen LogP contribution in [-0.4, -0.2) is 11.8 Å². The van der Waals surface area contributed by atoms with E-state index in [0.717, 1.165) is 22.7 Å². The summed E-state index contributed by atoms with van der Waals surface area (Å²) in [7, 11) is 3.72. The molecule has 0 aliphatic heterocycles. The van der Waals surface area contributed by atoms with Crippen LogP contribution in [0.15, 0.2) is 66.9 Å². The second-order valence-electron chi connectivity index (χ2n) is 5.07. The Hall–Kier alpha value is -2.81. The first kappa shape index (κ1) is 14.1. The summed E-state index contributed by atoms with van der Waals surface area (Å²) < 4.78 is 9.42. The monoisotopic (exact) mass is 291 g/mol. The van der Waals surface area contributed by atoms with Crippen molar-refractivity contribution in [1.82, 2.24) is 4.68 Å². The van der Waals surface area contributed by atoms with E-state index in [9.17, 15) is 0 Å². The molecule has 0 amide bonds. The SMILES string of the molecule is COc1ccc(C=Cc2cc[n+](C)n2-c2ccccc2)cc1. The first-order valence-electron chi connectivity index (χ1n) is 7.23. The summed E-state index contributed by atoms with van der Waals surface area (Å²) in [5, 5.41) is 0. The van der Waals surface area contributed by atoms with Crippen LogP contribution in [0.3, 0.4) is 0 Å². The Bertz CT molecular complexity index is 771. The number of methoxy groups -OCH3 is 1. The van der Waals surface area contributed by atoms with Gasteiger partial charge in [-0.15, -0.1) is 9.36 Å². The molecule has 22 heavy (non-hydrogen) atoms. The highest BCUT2D eigenvalue weighted by Gasteiger charge is 2.10. The molecular formula is C19H19N2O+. The minimum Gasteiger partial charge on any atom is -0.497 e. The van der Waals surface area contributed by atoms with Crippen molar-refractivity contribution < 1.29 is 9.42 Å². The highest BCUT2D eigenvalue weighted by atomic mass is 16.5. The zero-order chi connectivity index (χ0) is 15.4. The fraction of sp³-hybridized carbons (Fsp3) is 0.105. The number of hydrogen-bond acceptors (Lipinski definition) is 1. The van der Waals surface area contributed by atoms with Gasteiger partial charge >= 0.3 is 0 Å². The molecule has 0 bridgehead atoms. The van der Waals surface area contributed by atoms with Crippen molar-refractivity contribution in [3.05, 3.63) is 78.1 Å². The van der Waals surface area contributed by atoms with Crippen molar-refractivity contribution in [2.24, 2.45) is 7.05 Å². The van der Waals surface area contributed by atoms with Crippen LogP contribution in [0.1, 0.15) is 11.3 Å². The molecule has 3 aromatic rings. The van der Waals surface area contributed by atoms with Gasteiger partial charge in [0.05, 0.1) is 7.11 Å². The maximum absolute atomic E-state index is 5.18. The first-order valence-corrected chi connectivity index (χ1v) is 7.23. The third-order valence-electron chi connectivity index (χ3n) is 3.58. The predicted molar refractivity (Wildman–Crippen MR) is 88.9 cm³/mol. The number of aromatic nitrogens is 2. The Kier molecular flexibility index (Phi) is 4.05. The number of hydrogen-bond donors (Lipinski definition) is 0. The van der Waals surface area contributed by atoms with Crippen molar-refractivity contribution in [2.75, 3.05) is 7.11 Å². The Morgan fingerprint density at radius 2 is 1.64 bits per heavy atom. The van der Waals surface area contributed by atoms with E-state index in [2.05, 4.69) is 45.9 Å². The summed E-state index contributed by atoms with van der Waals surface area (Å²) >= 11 is 0. The second-order valence-corrected chi connectivity index (χ2v) is 5.07. The third kappa shape index (κ3) is 2.93. The number of benzene rings is 2. The van der Waals surface area contributed by atoms with E-state index in [4.69, 9.17) is 4.74 Å². The van der Waals surface area contributed by atoms with Crippen LogP contribution in [0.4, 0.5) is 0 Å². The molecule has 0 fully saturated rings. The quantitative estimate of drug-likeness (QED) is 0.673. The highest BCUT2D eigenvalue weighted by molar-refractivity contribution is 5.68. The molecule has 0 unspecified atom stereocenters. The van der Waals surface area contributed by atoms with Gasteiger partial charge in [0, 0.05) is 6.07 Å². The van der Waals surface area contributed by atoms with Gasteiger partial charge in [-0.05, 0) is 35.9 Å². The lowest BCUT2D eigenvalue weighted by molar-refractivity contribution is -0.744. The number of ether oxygens (including phenoxy) is 1. The van der Waals surface area contributed by atoms with E-state index in [1.807, 2.05) is 49.5 Å². The molecule has 0 aliphatic rings. The van der Waals surface area contributed by atoms with Crippen LogP contribution >= 0.6 is 0 Å². The Morgan fingerprint density at radius 1 is 0.909 bits per heavy atom. The third-order valence-corrected chi connectivity index (χ3v) is 3.58. The van der Waals surface area contributed by atoms with E-state index in [1.54, 1.807) is 7.11 Å². The molecule has 0 saturated carbocycles. The fourth-order valence-corrected chi connectivity index (χ4v) is 2.43. The molecule has 0 aliphatic carbocycles. The zero-order valence-corrected chi connectivity index (χ0v) is 12.8. The van der Waals surface area contributed by atoms with Crippen molar-refractivity contribution in [3.63, 3.8) is 0 Å². The van der Waals surface area contributed by atoms with Crippen LogP contribution in [-0.2, 0) is 7.05 Å². The predicted octanol–water partition coefficient (Wildman–Crippen LogP) is 3.48. The van der Waals surface area contributed by atoms with Gasteiger partial charge in [0.15, 0.2) is 13.2 Å². The topological polar surface area (TPSA) is 18.0 Å². The van der Waals surface area contributed by atoms with Crippen LogP contribution < -0.4 is 9.42 Å². The maximum atomic E-state index is 5.18. The van der Waals surface area contributed by atoms with Gasteiger partial charge < -0.3 is 4.74 Å². The van der Waals surface area contributed by atoms with Gasteiger partial charge in [-0.1, -0.05) is 36.4 Å². The molecule has 110 valence electrons. The van der Waals surface area contributed by atoms with Crippen LogP contribution in [0.5, 0.6) is 5.75 Å². The molecule has 3 nitrogen and oxygen atoms in total. The number of aryl methyl sites for hydroxylation is 1. The fourth-order valence-electron chi connectivity index (χ4n) is 2.43. The van der Waals surface area contributed by atoms with Crippen molar-refractivity contribution in [1.29, 1.82) is 0 Å². The van der Waals surface area contributed by atoms with Gasteiger partial charge in [-0.2, -0.15) is 0 Å². The smallest absolute Gasteiger partial charge is 0.196 e. The molecule has 3 heteroatoms. The summed E-state index contributed by atoms with van der Waals surface area (Å²) in [6.07, 6.45) is 6.28. The lowest BCUT2D eigenvalue weighted by Gasteiger charge is -2.03. The average Bonchev–Trinajstić information content (AvgIpc) is 2.95. The number of nitrogens with zero attached hydrogens (tertiary/aromatic N) is 2. The Morgan fingerprint density at radius 3 is 2.32 bits per heavy atom. The molecule has 1 heterocycles. The number of rotatable bonds is 4. The van der Waals surface area contributed by atoms with Gasteiger partial charge in [0.25, 0.3) is 0 Å². The minimum absolute atomic E-state index is 0.871. The van der Waals surface area contributed by atoms with E-state index in [0.29, 0.717) is 0 Å². The molecule has 2 aromatic carbocycles. The second kappa shape index (κ2) is 6.31. The van der Waals surface area contributed by atoms with Gasteiger partial charge in [-0.3, -0.25) is 0 Å². The molecule has 0 atom stereocenters. The summed E-state index contributed by atoms with van der Waals surface area (Å²) in [6, 6.07) is 20.5. The zero-order valence-electron chi connectivity index (χ0n) is 12.8. The van der Waals surface area contributed by atoms with Crippen LogP contribution in [0.2, 0.25) is 0 Å². The number of para-hydroxylation sites is 1. The Labute approximate surface area is 130 Å². The summed E-state index contributed by atoms with van der Waals surface area (Å²) in [5.74, 6) is 0.871. The molecule has 1 aromatic heterocycles.